The number of piperidine rings is 1. The van der Waals surface area contributed by atoms with Gasteiger partial charge in [0.2, 0.25) is 0 Å². The molecule has 0 radical (unpaired) electrons. The van der Waals surface area contributed by atoms with Gasteiger partial charge in [0.1, 0.15) is 5.75 Å². The zero-order chi connectivity index (χ0) is 23.9. The largest absolute Gasteiger partial charge is 0.493 e. The van der Waals surface area contributed by atoms with E-state index < -0.39 is 11.5 Å². The number of benzene rings is 2. The lowest BCUT2D eigenvalue weighted by atomic mass is 9.86. The van der Waals surface area contributed by atoms with Crippen LogP contribution < -0.4 is 19.9 Å². The molecule has 1 spiro atoms. The molecule has 2 aromatic carbocycles. The van der Waals surface area contributed by atoms with Gasteiger partial charge in [0.15, 0.2) is 23.7 Å². The van der Waals surface area contributed by atoms with Crippen LogP contribution in [0.4, 0.5) is 0 Å². The SMILES string of the molecule is COc1cc(C(=O)N2CCC3(CC2)Oc2cc(Cl)ccc2-n2cccc23)ccc1OCC(N)=O. The van der Waals surface area contributed by atoms with Gasteiger partial charge in [0, 0.05) is 48.8 Å². The summed E-state index contributed by atoms with van der Waals surface area (Å²) in [6.45, 7) is 0.790. The smallest absolute Gasteiger partial charge is 0.255 e. The van der Waals surface area contributed by atoms with Gasteiger partial charge in [-0.15, -0.1) is 0 Å². The summed E-state index contributed by atoms with van der Waals surface area (Å²) in [4.78, 5) is 26.1. The molecule has 1 aromatic heterocycles. The number of carbonyl (C=O) groups excluding carboxylic acids is 2. The second-order valence-corrected chi connectivity index (χ2v) is 8.82. The number of aromatic nitrogens is 1. The second kappa shape index (κ2) is 8.61. The Morgan fingerprint density at radius 2 is 1.91 bits per heavy atom. The van der Waals surface area contributed by atoms with E-state index in [4.69, 9.17) is 31.5 Å². The van der Waals surface area contributed by atoms with Crippen LogP contribution in [0.1, 0.15) is 28.9 Å². The lowest BCUT2D eigenvalue weighted by Crippen LogP contribution is -2.50. The Labute approximate surface area is 201 Å². The molecule has 1 fully saturated rings. The lowest BCUT2D eigenvalue weighted by Gasteiger charge is -2.45. The van der Waals surface area contributed by atoms with Crippen molar-refractivity contribution in [3.8, 4) is 22.9 Å². The number of likely N-dealkylation sites (tertiary alicyclic amines) is 1. The highest BCUT2D eigenvalue weighted by atomic mass is 35.5. The summed E-state index contributed by atoms with van der Waals surface area (Å²) in [6, 6.07) is 14.6. The molecule has 2 amide bonds. The lowest BCUT2D eigenvalue weighted by molar-refractivity contribution is -0.119. The van der Waals surface area contributed by atoms with Crippen molar-refractivity contribution >= 4 is 23.4 Å². The van der Waals surface area contributed by atoms with Crippen molar-refractivity contribution in [2.24, 2.45) is 5.73 Å². The van der Waals surface area contributed by atoms with Gasteiger partial charge in [-0.25, -0.2) is 0 Å². The summed E-state index contributed by atoms with van der Waals surface area (Å²) < 4.78 is 19.4. The topological polar surface area (TPSA) is 96.0 Å². The van der Waals surface area contributed by atoms with Crippen molar-refractivity contribution in [1.82, 2.24) is 9.47 Å². The number of amides is 2. The van der Waals surface area contributed by atoms with E-state index in [1.807, 2.05) is 35.4 Å². The van der Waals surface area contributed by atoms with E-state index in [0.717, 1.165) is 17.1 Å². The van der Waals surface area contributed by atoms with Crippen LogP contribution in [0.25, 0.3) is 5.69 Å². The Balaban J connectivity index is 1.34. The highest BCUT2D eigenvalue weighted by Crippen LogP contribution is 2.46. The number of carbonyl (C=O) groups is 2. The molecule has 0 aliphatic carbocycles. The third-order valence-corrected chi connectivity index (χ3v) is 6.58. The van der Waals surface area contributed by atoms with Crippen molar-refractivity contribution in [3.63, 3.8) is 0 Å². The molecule has 5 rings (SSSR count). The number of fused-ring (bicyclic) bond motifs is 4. The van der Waals surface area contributed by atoms with Gasteiger partial charge in [-0.3, -0.25) is 9.59 Å². The standard InChI is InChI=1S/C25H24ClN3O5/c1-32-21-13-16(4-7-19(21)33-15-23(27)30)24(31)28-11-8-25(9-12-28)22-3-2-10-29(22)18-6-5-17(26)14-20(18)34-25/h2-7,10,13-14H,8-9,11-12,15H2,1H3,(H2,27,30). The maximum Gasteiger partial charge on any atom is 0.255 e. The molecule has 3 aromatic rings. The number of methoxy groups -OCH3 is 1. The minimum absolute atomic E-state index is 0.107. The molecule has 34 heavy (non-hydrogen) atoms. The molecule has 0 bridgehead atoms. The molecule has 2 aliphatic rings. The highest BCUT2D eigenvalue weighted by molar-refractivity contribution is 6.30. The summed E-state index contributed by atoms with van der Waals surface area (Å²) in [6.07, 6.45) is 3.31. The quantitative estimate of drug-likeness (QED) is 0.601. The number of ether oxygens (including phenoxy) is 3. The maximum absolute atomic E-state index is 13.2. The first-order valence-electron chi connectivity index (χ1n) is 11.0. The Bertz CT molecular complexity index is 1260. The minimum atomic E-state index is -0.592. The fraction of sp³-hybridized carbons (Fsp3) is 0.280. The third kappa shape index (κ3) is 3.84. The number of hydrogen-bond donors (Lipinski definition) is 1. The van der Waals surface area contributed by atoms with Crippen LogP contribution in [-0.2, 0) is 10.4 Å². The number of halogens is 1. The summed E-state index contributed by atoms with van der Waals surface area (Å²) >= 11 is 6.22. The van der Waals surface area contributed by atoms with E-state index in [1.54, 1.807) is 18.2 Å². The van der Waals surface area contributed by atoms with Crippen molar-refractivity contribution < 1.29 is 23.8 Å². The molecular formula is C25H24ClN3O5. The summed E-state index contributed by atoms with van der Waals surface area (Å²) in [5.74, 6) is 0.758. The van der Waals surface area contributed by atoms with Crippen LogP contribution >= 0.6 is 11.6 Å². The number of hydrogen-bond acceptors (Lipinski definition) is 5. The van der Waals surface area contributed by atoms with E-state index in [1.165, 1.54) is 7.11 Å². The van der Waals surface area contributed by atoms with Gasteiger partial charge in [-0.1, -0.05) is 11.6 Å². The van der Waals surface area contributed by atoms with E-state index >= 15 is 0 Å². The average molecular weight is 482 g/mol. The van der Waals surface area contributed by atoms with Crippen LogP contribution in [0.5, 0.6) is 17.2 Å². The molecule has 0 atom stereocenters. The highest BCUT2D eigenvalue weighted by Gasteiger charge is 2.44. The molecule has 1 saturated heterocycles. The molecule has 9 heteroatoms. The van der Waals surface area contributed by atoms with Crippen molar-refractivity contribution in [2.45, 2.75) is 18.4 Å². The van der Waals surface area contributed by atoms with Crippen LogP contribution in [0.3, 0.4) is 0 Å². The van der Waals surface area contributed by atoms with Crippen LogP contribution in [0, 0.1) is 0 Å². The second-order valence-electron chi connectivity index (χ2n) is 8.38. The zero-order valence-corrected chi connectivity index (χ0v) is 19.4. The Kier molecular flexibility index (Phi) is 5.61. The Morgan fingerprint density at radius 3 is 2.65 bits per heavy atom. The molecule has 3 heterocycles. The predicted molar refractivity (Wildman–Crippen MR) is 126 cm³/mol. The number of rotatable bonds is 5. The molecule has 8 nitrogen and oxygen atoms in total. The van der Waals surface area contributed by atoms with Crippen molar-refractivity contribution in [1.29, 1.82) is 0 Å². The fourth-order valence-corrected chi connectivity index (χ4v) is 4.84. The first kappa shape index (κ1) is 22.2. The number of nitrogens with two attached hydrogens (primary N) is 1. The Hall–Kier alpha value is -3.65. The molecule has 0 saturated carbocycles. The normalized spacial score (nSPS) is 15.8. The van der Waals surface area contributed by atoms with Gasteiger partial charge in [-0.2, -0.15) is 0 Å². The monoisotopic (exact) mass is 481 g/mol. The van der Waals surface area contributed by atoms with Crippen LogP contribution in [0.15, 0.2) is 54.7 Å². The van der Waals surface area contributed by atoms with E-state index in [0.29, 0.717) is 48.0 Å². The van der Waals surface area contributed by atoms with Gasteiger partial charge in [-0.05, 0) is 42.5 Å². The van der Waals surface area contributed by atoms with Gasteiger partial charge >= 0.3 is 0 Å². The third-order valence-electron chi connectivity index (χ3n) is 6.34. The van der Waals surface area contributed by atoms with E-state index in [2.05, 4.69) is 10.6 Å². The minimum Gasteiger partial charge on any atom is -0.493 e. The summed E-state index contributed by atoms with van der Waals surface area (Å²) in [5.41, 5.74) is 7.12. The van der Waals surface area contributed by atoms with Crippen LogP contribution in [-0.4, -0.2) is 48.1 Å². The molecule has 2 aliphatic heterocycles. The van der Waals surface area contributed by atoms with Crippen molar-refractivity contribution in [2.75, 3.05) is 26.8 Å². The maximum atomic E-state index is 13.2. The van der Waals surface area contributed by atoms with Gasteiger partial charge in [0.05, 0.1) is 18.5 Å². The predicted octanol–water partition coefficient (Wildman–Crippen LogP) is 3.53. The fourth-order valence-electron chi connectivity index (χ4n) is 4.67. The molecule has 2 N–H and O–H groups in total. The Morgan fingerprint density at radius 1 is 1.12 bits per heavy atom. The molecule has 176 valence electrons. The first-order chi connectivity index (χ1) is 16.4. The summed E-state index contributed by atoms with van der Waals surface area (Å²) in [7, 11) is 1.48. The van der Waals surface area contributed by atoms with Gasteiger partial charge < -0.3 is 29.4 Å². The van der Waals surface area contributed by atoms with Crippen molar-refractivity contribution in [3.05, 3.63) is 71.0 Å². The molecular weight excluding hydrogens is 458 g/mol. The average Bonchev–Trinajstić information content (AvgIpc) is 3.34. The van der Waals surface area contributed by atoms with E-state index in [-0.39, 0.29) is 12.5 Å². The van der Waals surface area contributed by atoms with Crippen LogP contribution in [0.2, 0.25) is 5.02 Å². The van der Waals surface area contributed by atoms with E-state index in [9.17, 15) is 9.59 Å². The van der Waals surface area contributed by atoms with Gasteiger partial charge in [0.25, 0.3) is 11.8 Å². The zero-order valence-electron chi connectivity index (χ0n) is 18.6. The first-order valence-corrected chi connectivity index (χ1v) is 11.3. The summed E-state index contributed by atoms with van der Waals surface area (Å²) in [5, 5.41) is 0.620. The number of nitrogens with zero attached hydrogens (tertiary/aromatic N) is 2. The molecule has 0 unspecified atom stereocenters. The number of primary amides is 1.